The molecule has 1 rings (SSSR count). The second kappa shape index (κ2) is 5.50. The summed E-state index contributed by atoms with van der Waals surface area (Å²) in [7, 11) is -3.76. The van der Waals surface area contributed by atoms with Crippen molar-refractivity contribution in [3.63, 3.8) is 0 Å². The van der Waals surface area contributed by atoms with Gasteiger partial charge in [0.15, 0.2) is 3.61 Å². The van der Waals surface area contributed by atoms with Crippen molar-refractivity contribution >= 4 is 32.7 Å². The van der Waals surface area contributed by atoms with Gasteiger partial charge in [-0.1, -0.05) is 6.07 Å². The van der Waals surface area contributed by atoms with Gasteiger partial charge in [0, 0.05) is 11.8 Å². The maximum absolute atomic E-state index is 12.3. The summed E-state index contributed by atoms with van der Waals surface area (Å²) in [6.07, 6.45) is -2.96. The van der Waals surface area contributed by atoms with Crippen LogP contribution in [0.25, 0.3) is 0 Å². The molecule has 10 heteroatoms. The first kappa shape index (κ1) is 16.6. The van der Waals surface area contributed by atoms with E-state index in [0.29, 0.717) is 6.07 Å². The number of nitrogens with zero attached hydrogens (tertiary/aromatic N) is 1. The third kappa shape index (κ3) is 5.20. The summed E-state index contributed by atoms with van der Waals surface area (Å²) in [5.41, 5.74) is -1.10. The van der Waals surface area contributed by atoms with Crippen molar-refractivity contribution in [3.8, 4) is 0 Å². The van der Waals surface area contributed by atoms with E-state index in [9.17, 15) is 26.7 Å². The van der Waals surface area contributed by atoms with E-state index in [2.05, 4.69) is 9.17 Å². The van der Waals surface area contributed by atoms with Crippen LogP contribution in [0.4, 0.5) is 13.2 Å². The van der Waals surface area contributed by atoms with E-state index in [-0.39, 0.29) is 5.56 Å². The highest BCUT2D eigenvalue weighted by atomic mass is 127. The quantitative estimate of drug-likeness (QED) is 0.464. The van der Waals surface area contributed by atoms with E-state index in [1.165, 1.54) is 22.6 Å². The molecule has 1 atom stereocenters. The molecule has 1 aromatic heterocycles. The molecule has 0 aliphatic carbocycles. The summed E-state index contributed by atoms with van der Waals surface area (Å²) in [6.45, 7) is -0.626. The molecule has 1 N–H and O–H groups in total. The second-order valence-corrected chi connectivity index (χ2v) is 7.08. The van der Waals surface area contributed by atoms with Crippen LogP contribution < -0.4 is 0 Å². The third-order valence-corrected chi connectivity index (χ3v) is 3.44. The van der Waals surface area contributed by atoms with Gasteiger partial charge in [-0.15, -0.1) is 0 Å². The Balaban J connectivity index is 2.90. The molecule has 0 bridgehead atoms. The molecule has 0 aliphatic heterocycles. The Bertz CT molecular complexity index is 542. The fraction of sp³-hybridized carbons (Fsp3) is 0.444. The molecule has 0 fully saturated rings. The first-order valence-corrected chi connectivity index (χ1v) is 7.61. The Labute approximate surface area is 121 Å². The van der Waals surface area contributed by atoms with E-state index in [1.54, 1.807) is 0 Å². The predicted molar refractivity (Wildman–Crippen MR) is 68.0 cm³/mol. The van der Waals surface area contributed by atoms with Gasteiger partial charge in [0.25, 0.3) is 10.1 Å². The molecule has 0 spiro atoms. The van der Waals surface area contributed by atoms with Crippen LogP contribution in [0.5, 0.6) is 0 Å². The molecule has 0 aliphatic rings. The summed E-state index contributed by atoms with van der Waals surface area (Å²) in [4.78, 5) is 3.17. The second-order valence-electron chi connectivity index (χ2n) is 3.66. The van der Waals surface area contributed by atoms with Gasteiger partial charge < -0.3 is 5.11 Å². The fourth-order valence-electron chi connectivity index (χ4n) is 1.06. The molecule has 108 valence electrons. The monoisotopic (exact) mass is 411 g/mol. The van der Waals surface area contributed by atoms with Crippen LogP contribution in [0, 0.1) is 0 Å². The number of hydrogen-bond donors (Lipinski definition) is 1. The molecular formula is C9H9F3INO4S. The number of alkyl halides is 4. The zero-order valence-corrected chi connectivity index (χ0v) is 12.5. The van der Waals surface area contributed by atoms with Crippen molar-refractivity contribution in [3.05, 3.63) is 29.6 Å². The molecule has 19 heavy (non-hydrogen) atoms. The van der Waals surface area contributed by atoms with Crippen molar-refractivity contribution in [2.45, 2.75) is 9.78 Å². The van der Waals surface area contributed by atoms with E-state index >= 15 is 0 Å². The molecule has 5 nitrogen and oxygen atoms in total. The minimum Gasteiger partial charge on any atom is -0.373 e. The van der Waals surface area contributed by atoms with Crippen LogP contribution in [0.15, 0.2) is 18.3 Å². The number of aromatic nitrogens is 1. The molecule has 0 radical (unpaired) electrons. The Kier molecular flexibility index (Phi) is 4.80. The Morgan fingerprint density at radius 3 is 2.37 bits per heavy atom. The summed E-state index contributed by atoms with van der Waals surface area (Å²) in [5.74, 6) is 0. The first-order valence-electron chi connectivity index (χ1n) is 4.71. The van der Waals surface area contributed by atoms with Crippen molar-refractivity contribution in [2.24, 2.45) is 0 Å². The number of hydrogen-bond acceptors (Lipinski definition) is 5. The largest absolute Gasteiger partial charge is 0.433 e. The van der Waals surface area contributed by atoms with Crippen LogP contribution in [0.2, 0.25) is 0 Å². The normalized spacial score (nSPS) is 16.1. The predicted octanol–water partition coefficient (Wildman–Crippen LogP) is 1.66. The lowest BCUT2D eigenvalue weighted by Gasteiger charge is -2.20. The van der Waals surface area contributed by atoms with Crippen LogP contribution in [0.3, 0.4) is 0 Å². The topological polar surface area (TPSA) is 76.5 Å². The minimum atomic E-state index is -4.58. The van der Waals surface area contributed by atoms with E-state index < -0.39 is 32.2 Å². The van der Waals surface area contributed by atoms with Gasteiger partial charge in [0.1, 0.15) is 12.3 Å². The number of rotatable bonds is 4. The van der Waals surface area contributed by atoms with Crippen LogP contribution >= 0.6 is 22.6 Å². The van der Waals surface area contributed by atoms with Gasteiger partial charge in [0.05, 0.1) is 6.26 Å². The number of pyridine rings is 1. The zero-order chi connectivity index (χ0) is 14.9. The summed E-state index contributed by atoms with van der Waals surface area (Å²) >= 11 is 1.46. The lowest BCUT2D eigenvalue weighted by Crippen LogP contribution is -2.26. The Morgan fingerprint density at radius 2 is 2.00 bits per heavy atom. The summed E-state index contributed by atoms with van der Waals surface area (Å²) in [6, 6.07) is 1.70. The molecular weight excluding hydrogens is 402 g/mol. The van der Waals surface area contributed by atoms with Gasteiger partial charge in [-0.05, 0) is 28.7 Å². The van der Waals surface area contributed by atoms with Crippen molar-refractivity contribution < 1.29 is 30.9 Å². The van der Waals surface area contributed by atoms with Gasteiger partial charge >= 0.3 is 6.18 Å². The van der Waals surface area contributed by atoms with Gasteiger partial charge in [-0.2, -0.15) is 21.6 Å². The van der Waals surface area contributed by atoms with Crippen LogP contribution in [-0.4, -0.2) is 31.4 Å². The standard InChI is InChI=1S/C9H9F3INO4S/c1-19(16,17)18-5-8(13,15)6-2-3-7(14-4-6)9(10,11)12/h2-4,15H,5H2,1H3/t8-/m1/s1. The van der Waals surface area contributed by atoms with Crippen molar-refractivity contribution in [1.82, 2.24) is 4.98 Å². The maximum Gasteiger partial charge on any atom is 0.433 e. The summed E-state index contributed by atoms with van der Waals surface area (Å²) < 4.78 is 61.1. The highest BCUT2D eigenvalue weighted by Gasteiger charge is 2.34. The Hall–Kier alpha value is -0.460. The molecule has 0 unspecified atom stereocenters. The SMILES string of the molecule is CS(=O)(=O)OC[C@](O)(I)c1ccc(C(F)(F)F)nc1. The average molecular weight is 411 g/mol. The van der Waals surface area contributed by atoms with Crippen LogP contribution in [0.1, 0.15) is 11.3 Å². The van der Waals surface area contributed by atoms with E-state index in [1.807, 2.05) is 0 Å². The maximum atomic E-state index is 12.3. The highest BCUT2D eigenvalue weighted by Crippen LogP contribution is 2.32. The van der Waals surface area contributed by atoms with E-state index in [4.69, 9.17) is 0 Å². The fourth-order valence-corrected chi connectivity index (χ4v) is 2.13. The molecule has 0 aromatic carbocycles. The van der Waals surface area contributed by atoms with Gasteiger partial charge in [-0.25, -0.2) is 0 Å². The van der Waals surface area contributed by atoms with Crippen molar-refractivity contribution in [1.29, 1.82) is 0 Å². The molecule has 1 aromatic rings. The lowest BCUT2D eigenvalue weighted by molar-refractivity contribution is -0.141. The smallest absolute Gasteiger partial charge is 0.373 e. The first-order chi connectivity index (χ1) is 8.42. The highest BCUT2D eigenvalue weighted by molar-refractivity contribution is 14.1. The Morgan fingerprint density at radius 1 is 1.42 bits per heavy atom. The lowest BCUT2D eigenvalue weighted by atomic mass is 10.1. The molecule has 0 amide bonds. The number of aliphatic hydroxyl groups is 1. The third-order valence-electron chi connectivity index (χ3n) is 1.96. The van der Waals surface area contributed by atoms with Crippen LogP contribution in [-0.2, 0) is 24.1 Å². The average Bonchev–Trinajstić information content (AvgIpc) is 2.25. The summed E-state index contributed by atoms with van der Waals surface area (Å²) in [5, 5.41) is 9.92. The van der Waals surface area contributed by atoms with E-state index in [0.717, 1.165) is 18.5 Å². The van der Waals surface area contributed by atoms with Gasteiger partial charge in [-0.3, -0.25) is 9.17 Å². The zero-order valence-electron chi connectivity index (χ0n) is 9.48. The van der Waals surface area contributed by atoms with Gasteiger partial charge in [0.2, 0.25) is 0 Å². The minimum absolute atomic E-state index is 0.00440. The molecule has 0 saturated carbocycles. The molecule has 1 heterocycles. The number of halogens is 4. The molecule has 0 saturated heterocycles. The van der Waals surface area contributed by atoms with Crippen molar-refractivity contribution in [2.75, 3.05) is 12.9 Å².